The van der Waals surface area contributed by atoms with Gasteiger partial charge in [-0.05, 0) is 71.6 Å². The molecule has 0 saturated carbocycles. The third-order valence-corrected chi connectivity index (χ3v) is 4.05. The second-order valence-electron chi connectivity index (χ2n) is 5.12. The lowest BCUT2D eigenvalue weighted by Gasteiger charge is -2.14. The van der Waals surface area contributed by atoms with E-state index in [2.05, 4.69) is 48.8 Å². The Bertz CT molecular complexity index is 669. The average molecular weight is 349 g/mol. The summed E-state index contributed by atoms with van der Waals surface area (Å²) in [5.41, 5.74) is 4.93. The molecule has 0 fully saturated rings. The fourth-order valence-electron chi connectivity index (χ4n) is 2.33. The zero-order valence-electron chi connectivity index (χ0n) is 12.2. The Morgan fingerprint density at radius 2 is 1.76 bits per heavy atom. The highest BCUT2D eigenvalue weighted by Crippen LogP contribution is 2.28. The fourth-order valence-corrected chi connectivity index (χ4v) is 2.70. The predicted molar refractivity (Wildman–Crippen MR) is 86.1 cm³/mol. The summed E-state index contributed by atoms with van der Waals surface area (Å²) in [6, 6.07) is 9.00. The summed E-state index contributed by atoms with van der Waals surface area (Å²) in [6.45, 7) is 6.60. The van der Waals surface area contributed by atoms with Crippen LogP contribution in [0.15, 0.2) is 34.8 Å². The van der Waals surface area contributed by atoms with E-state index < -0.39 is 5.97 Å². The molecular formula is C17H17BrO3. The van der Waals surface area contributed by atoms with Crippen molar-refractivity contribution in [1.29, 1.82) is 0 Å². The Morgan fingerprint density at radius 3 is 2.33 bits per heavy atom. The molecule has 0 bridgehead atoms. The number of aryl methyl sites for hydroxylation is 3. The first-order valence-corrected chi connectivity index (χ1v) is 7.40. The van der Waals surface area contributed by atoms with Gasteiger partial charge < -0.3 is 9.84 Å². The summed E-state index contributed by atoms with van der Waals surface area (Å²) >= 11 is 3.38. The predicted octanol–water partition coefficient (Wildman–Crippen LogP) is 4.65. The van der Waals surface area contributed by atoms with Gasteiger partial charge in [0.25, 0.3) is 0 Å². The molecule has 4 heteroatoms. The molecule has 2 aromatic rings. The van der Waals surface area contributed by atoms with Crippen molar-refractivity contribution in [3.05, 3.63) is 62.6 Å². The molecule has 0 unspecified atom stereocenters. The lowest BCUT2D eigenvalue weighted by atomic mass is 10.0. The Morgan fingerprint density at radius 1 is 1.14 bits per heavy atom. The second kappa shape index (κ2) is 6.31. The van der Waals surface area contributed by atoms with Crippen LogP contribution >= 0.6 is 15.9 Å². The van der Waals surface area contributed by atoms with E-state index in [1.54, 1.807) is 12.1 Å². The molecule has 2 aromatic carbocycles. The van der Waals surface area contributed by atoms with Crippen LogP contribution < -0.4 is 4.74 Å². The Labute approximate surface area is 132 Å². The average Bonchev–Trinajstić information content (AvgIpc) is 2.39. The van der Waals surface area contributed by atoms with E-state index >= 15 is 0 Å². The van der Waals surface area contributed by atoms with Crippen molar-refractivity contribution in [2.24, 2.45) is 0 Å². The van der Waals surface area contributed by atoms with Gasteiger partial charge in [-0.2, -0.15) is 0 Å². The number of hydrogen-bond acceptors (Lipinski definition) is 2. The van der Waals surface area contributed by atoms with E-state index in [-0.39, 0.29) is 5.56 Å². The van der Waals surface area contributed by atoms with E-state index in [4.69, 9.17) is 9.84 Å². The minimum atomic E-state index is -0.963. The van der Waals surface area contributed by atoms with Crippen molar-refractivity contribution in [2.45, 2.75) is 27.4 Å². The van der Waals surface area contributed by atoms with E-state index in [1.807, 2.05) is 0 Å². The first-order chi connectivity index (χ1) is 9.88. The lowest BCUT2D eigenvalue weighted by Crippen LogP contribution is -2.03. The van der Waals surface area contributed by atoms with Crippen LogP contribution in [0, 0.1) is 20.8 Å². The largest absolute Gasteiger partial charge is 0.488 e. The molecule has 0 saturated heterocycles. The topological polar surface area (TPSA) is 46.5 Å². The first kappa shape index (κ1) is 15.6. The molecular weight excluding hydrogens is 332 g/mol. The van der Waals surface area contributed by atoms with Gasteiger partial charge in [-0.3, -0.25) is 0 Å². The molecule has 0 aromatic heterocycles. The monoisotopic (exact) mass is 348 g/mol. The van der Waals surface area contributed by atoms with Crippen LogP contribution in [0.4, 0.5) is 0 Å². The maximum atomic E-state index is 11.0. The maximum Gasteiger partial charge on any atom is 0.335 e. The number of halogens is 1. The SMILES string of the molecule is Cc1cc(C)c(COc2cc(C(=O)O)ccc2Br)c(C)c1. The highest BCUT2D eigenvalue weighted by molar-refractivity contribution is 9.10. The van der Waals surface area contributed by atoms with E-state index in [9.17, 15) is 4.79 Å². The molecule has 21 heavy (non-hydrogen) atoms. The standard InChI is InChI=1S/C17H17BrO3/c1-10-6-11(2)14(12(3)7-10)9-21-16-8-13(17(19)20)4-5-15(16)18/h4-8H,9H2,1-3H3,(H,19,20). The first-order valence-electron chi connectivity index (χ1n) is 6.61. The molecule has 110 valence electrons. The number of rotatable bonds is 4. The molecule has 2 rings (SSSR count). The van der Waals surface area contributed by atoms with Gasteiger partial charge in [0.15, 0.2) is 0 Å². The van der Waals surface area contributed by atoms with E-state index in [0.717, 1.165) is 10.0 Å². The molecule has 0 heterocycles. The van der Waals surface area contributed by atoms with Gasteiger partial charge in [-0.15, -0.1) is 0 Å². The maximum absolute atomic E-state index is 11.0. The number of hydrogen-bond donors (Lipinski definition) is 1. The molecule has 0 amide bonds. The van der Waals surface area contributed by atoms with Gasteiger partial charge in [0.05, 0.1) is 10.0 Å². The molecule has 0 radical (unpaired) electrons. The third-order valence-electron chi connectivity index (χ3n) is 3.39. The summed E-state index contributed by atoms with van der Waals surface area (Å²) in [6.07, 6.45) is 0. The van der Waals surface area contributed by atoms with Gasteiger partial charge >= 0.3 is 5.97 Å². The van der Waals surface area contributed by atoms with Crippen LogP contribution in [0.3, 0.4) is 0 Å². The minimum Gasteiger partial charge on any atom is -0.488 e. The summed E-state index contributed by atoms with van der Waals surface area (Å²) in [5, 5.41) is 9.03. The quantitative estimate of drug-likeness (QED) is 0.874. The van der Waals surface area contributed by atoms with Crippen molar-refractivity contribution in [3.8, 4) is 5.75 Å². The molecule has 0 atom stereocenters. The number of carboxylic acid groups (broad SMARTS) is 1. The van der Waals surface area contributed by atoms with E-state index in [0.29, 0.717) is 12.4 Å². The minimum absolute atomic E-state index is 0.213. The smallest absolute Gasteiger partial charge is 0.335 e. The number of aromatic carboxylic acids is 1. The van der Waals surface area contributed by atoms with Gasteiger partial charge in [-0.25, -0.2) is 4.79 Å². The van der Waals surface area contributed by atoms with Gasteiger partial charge in [0, 0.05) is 0 Å². The van der Waals surface area contributed by atoms with Crippen LogP contribution in [-0.2, 0) is 6.61 Å². The fraction of sp³-hybridized carbons (Fsp3) is 0.235. The summed E-state index contributed by atoms with van der Waals surface area (Å²) in [4.78, 5) is 11.0. The third kappa shape index (κ3) is 3.64. The number of benzene rings is 2. The van der Waals surface area contributed by atoms with Crippen molar-refractivity contribution < 1.29 is 14.6 Å². The van der Waals surface area contributed by atoms with Crippen LogP contribution in [0.2, 0.25) is 0 Å². The van der Waals surface area contributed by atoms with Crippen molar-refractivity contribution in [2.75, 3.05) is 0 Å². The van der Waals surface area contributed by atoms with Gasteiger partial charge in [-0.1, -0.05) is 17.7 Å². The van der Waals surface area contributed by atoms with Crippen LogP contribution in [0.25, 0.3) is 0 Å². The van der Waals surface area contributed by atoms with Crippen molar-refractivity contribution in [3.63, 3.8) is 0 Å². The number of carbonyl (C=O) groups is 1. The molecule has 1 N–H and O–H groups in total. The Balaban J connectivity index is 2.24. The van der Waals surface area contributed by atoms with E-state index in [1.165, 1.54) is 22.8 Å². The zero-order chi connectivity index (χ0) is 15.6. The highest BCUT2D eigenvalue weighted by Gasteiger charge is 2.10. The van der Waals surface area contributed by atoms with Crippen molar-refractivity contribution in [1.82, 2.24) is 0 Å². The molecule has 0 aliphatic carbocycles. The molecule has 0 aliphatic rings. The summed E-state index contributed by atoms with van der Waals surface area (Å²) in [7, 11) is 0. The Hall–Kier alpha value is -1.81. The van der Waals surface area contributed by atoms with Crippen molar-refractivity contribution >= 4 is 21.9 Å². The van der Waals surface area contributed by atoms with Gasteiger partial charge in [0.2, 0.25) is 0 Å². The van der Waals surface area contributed by atoms with Gasteiger partial charge in [0.1, 0.15) is 12.4 Å². The zero-order valence-corrected chi connectivity index (χ0v) is 13.8. The number of ether oxygens (including phenoxy) is 1. The number of carboxylic acids is 1. The Kier molecular flexibility index (Phi) is 4.68. The lowest BCUT2D eigenvalue weighted by molar-refractivity contribution is 0.0696. The summed E-state index contributed by atoms with van der Waals surface area (Å²) < 4.78 is 6.55. The normalized spacial score (nSPS) is 10.5. The van der Waals surface area contributed by atoms with Crippen LogP contribution in [0.5, 0.6) is 5.75 Å². The second-order valence-corrected chi connectivity index (χ2v) is 5.97. The molecule has 0 aliphatic heterocycles. The summed E-state index contributed by atoms with van der Waals surface area (Å²) in [5.74, 6) is -0.427. The molecule has 0 spiro atoms. The highest BCUT2D eigenvalue weighted by atomic mass is 79.9. The van der Waals surface area contributed by atoms with Crippen LogP contribution in [-0.4, -0.2) is 11.1 Å². The van der Waals surface area contributed by atoms with Crippen LogP contribution in [0.1, 0.15) is 32.6 Å². The molecule has 3 nitrogen and oxygen atoms in total.